The van der Waals surface area contributed by atoms with E-state index in [1.165, 1.54) is 17.2 Å². The highest BCUT2D eigenvalue weighted by molar-refractivity contribution is 7.90. The summed E-state index contributed by atoms with van der Waals surface area (Å²) in [5.74, 6) is -0.285. The van der Waals surface area contributed by atoms with Crippen LogP contribution in [0.5, 0.6) is 0 Å². The van der Waals surface area contributed by atoms with E-state index in [4.69, 9.17) is 4.84 Å². The van der Waals surface area contributed by atoms with Crippen LogP contribution in [0.25, 0.3) is 0 Å². The van der Waals surface area contributed by atoms with Crippen molar-refractivity contribution in [1.29, 1.82) is 0 Å². The standard InChI is InChI=1S/C17H24FN3O4S/c1-20-17(13-5-2-6-14(18)11-13)15(12-25-20)26(23,24)19-8-4-10-21-9-3-7-16(21)22/h2,5-6,11,15,17,19H,3-4,7-10,12H2,1H3. The number of carbonyl (C=O) groups excluding carboxylic acids is 1. The molecule has 2 unspecified atom stereocenters. The molecule has 2 saturated heterocycles. The molecule has 2 heterocycles. The molecule has 1 N–H and O–H groups in total. The Kier molecular flexibility index (Phi) is 5.91. The van der Waals surface area contributed by atoms with Crippen LogP contribution in [0.2, 0.25) is 0 Å². The molecule has 0 spiro atoms. The summed E-state index contributed by atoms with van der Waals surface area (Å²) < 4.78 is 41.6. The Morgan fingerprint density at radius 2 is 2.19 bits per heavy atom. The van der Waals surface area contributed by atoms with E-state index in [0.29, 0.717) is 24.9 Å². The maximum Gasteiger partial charge on any atom is 0.222 e. The molecule has 1 aromatic rings. The molecule has 0 aliphatic carbocycles. The number of hydroxylamine groups is 2. The van der Waals surface area contributed by atoms with Crippen LogP contribution in [-0.2, 0) is 19.7 Å². The van der Waals surface area contributed by atoms with E-state index >= 15 is 0 Å². The summed E-state index contributed by atoms with van der Waals surface area (Å²) in [7, 11) is -2.01. The monoisotopic (exact) mass is 385 g/mol. The van der Waals surface area contributed by atoms with Gasteiger partial charge in [0.2, 0.25) is 15.9 Å². The Bertz CT molecular complexity index is 758. The second-order valence-electron chi connectivity index (χ2n) is 6.66. The predicted molar refractivity (Wildman–Crippen MR) is 94.0 cm³/mol. The SMILES string of the molecule is CN1OCC(S(=O)(=O)NCCCN2CCCC2=O)C1c1cccc(F)c1. The van der Waals surface area contributed by atoms with E-state index in [-0.39, 0.29) is 19.1 Å². The van der Waals surface area contributed by atoms with Crippen LogP contribution in [0.3, 0.4) is 0 Å². The number of hydrogen-bond acceptors (Lipinski definition) is 5. The second kappa shape index (κ2) is 7.99. The van der Waals surface area contributed by atoms with E-state index in [0.717, 1.165) is 13.0 Å². The van der Waals surface area contributed by atoms with Gasteiger partial charge in [0.25, 0.3) is 0 Å². The number of benzene rings is 1. The molecule has 144 valence electrons. The van der Waals surface area contributed by atoms with Gasteiger partial charge in [0.1, 0.15) is 11.1 Å². The Balaban J connectivity index is 1.61. The number of rotatable bonds is 7. The first-order chi connectivity index (χ1) is 12.4. The minimum absolute atomic E-state index is 0.0115. The first-order valence-electron chi connectivity index (χ1n) is 8.76. The number of likely N-dealkylation sites (tertiary alicyclic amines) is 1. The van der Waals surface area contributed by atoms with E-state index in [2.05, 4.69) is 4.72 Å². The van der Waals surface area contributed by atoms with Crippen molar-refractivity contribution in [2.24, 2.45) is 0 Å². The summed E-state index contributed by atoms with van der Waals surface area (Å²) in [5.41, 5.74) is 0.558. The third-order valence-corrected chi connectivity index (χ3v) is 6.65. The summed E-state index contributed by atoms with van der Waals surface area (Å²) in [4.78, 5) is 18.7. The molecule has 3 rings (SSSR count). The molecule has 0 radical (unpaired) electrons. The van der Waals surface area contributed by atoms with Gasteiger partial charge in [0.15, 0.2) is 0 Å². The van der Waals surface area contributed by atoms with Crippen molar-refractivity contribution >= 4 is 15.9 Å². The molecule has 7 nitrogen and oxygen atoms in total. The van der Waals surface area contributed by atoms with Gasteiger partial charge in [0, 0.05) is 33.1 Å². The van der Waals surface area contributed by atoms with E-state index in [1.807, 2.05) is 0 Å². The zero-order valence-electron chi connectivity index (χ0n) is 14.7. The van der Waals surface area contributed by atoms with Gasteiger partial charge in [-0.2, -0.15) is 5.06 Å². The van der Waals surface area contributed by atoms with Gasteiger partial charge < -0.3 is 4.90 Å². The maximum absolute atomic E-state index is 13.5. The van der Waals surface area contributed by atoms with Crippen molar-refractivity contribution in [2.45, 2.75) is 30.6 Å². The smallest absolute Gasteiger partial charge is 0.222 e. The zero-order chi connectivity index (χ0) is 18.7. The second-order valence-corrected chi connectivity index (χ2v) is 8.64. The first kappa shape index (κ1) is 19.2. The fourth-order valence-corrected chi connectivity index (χ4v) is 5.05. The topological polar surface area (TPSA) is 79.0 Å². The number of halogens is 1. The summed E-state index contributed by atoms with van der Waals surface area (Å²) in [6.45, 7) is 1.56. The number of hydrogen-bond donors (Lipinski definition) is 1. The van der Waals surface area contributed by atoms with Crippen molar-refractivity contribution in [3.8, 4) is 0 Å². The lowest BCUT2D eigenvalue weighted by Crippen LogP contribution is -2.40. The molecular formula is C17H24FN3O4S. The number of sulfonamides is 1. The van der Waals surface area contributed by atoms with Crippen molar-refractivity contribution in [2.75, 3.05) is 33.3 Å². The Labute approximate surface area is 153 Å². The van der Waals surface area contributed by atoms with E-state index < -0.39 is 27.1 Å². The molecule has 0 aromatic heterocycles. The highest BCUT2D eigenvalue weighted by Gasteiger charge is 2.43. The van der Waals surface area contributed by atoms with Crippen LogP contribution < -0.4 is 4.72 Å². The predicted octanol–water partition coefficient (Wildman–Crippen LogP) is 1.04. The van der Waals surface area contributed by atoms with Gasteiger partial charge in [-0.3, -0.25) is 9.63 Å². The summed E-state index contributed by atoms with van der Waals surface area (Å²) in [5, 5.41) is 0.629. The molecule has 0 saturated carbocycles. The molecule has 26 heavy (non-hydrogen) atoms. The normalized spacial score (nSPS) is 24.5. The molecule has 0 bridgehead atoms. The Hall–Kier alpha value is -1.55. The molecule has 2 aliphatic rings. The number of carbonyl (C=O) groups is 1. The fourth-order valence-electron chi connectivity index (χ4n) is 3.50. The molecule has 2 aliphatic heterocycles. The van der Waals surface area contributed by atoms with Gasteiger partial charge in [0.05, 0.1) is 12.6 Å². The van der Waals surface area contributed by atoms with Gasteiger partial charge in [-0.05, 0) is 30.5 Å². The molecule has 9 heteroatoms. The largest absolute Gasteiger partial charge is 0.343 e. The summed E-state index contributed by atoms with van der Waals surface area (Å²) >= 11 is 0. The first-order valence-corrected chi connectivity index (χ1v) is 10.3. The zero-order valence-corrected chi connectivity index (χ0v) is 15.5. The lowest BCUT2D eigenvalue weighted by molar-refractivity contribution is -0.127. The van der Waals surface area contributed by atoms with Gasteiger partial charge >= 0.3 is 0 Å². The van der Waals surface area contributed by atoms with Gasteiger partial charge in [-0.25, -0.2) is 17.5 Å². The average Bonchev–Trinajstić information content (AvgIpc) is 3.18. The molecule has 2 atom stereocenters. The third-order valence-electron chi connectivity index (χ3n) is 4.85. The van der Waals surface area contributed by atoms with Crippen molar-refractivity contribution in [3.05, 3.63) is 35.6 Å². The van der Waals surface area contributed by atoms with Gasteiger partial charge in [-0.1, -0.05) is 12.1 Å². The van der Waals surface area contributed by atoms with E-state index in [9.17, 15) is 17.6 Å². The highest BCUT2D eigenvalue weighted by atomic mass is 32.2. The molecule has 1 aromatic carbocycles. The minimum atomic E-state index is -3.65. The third kappa shape index (κ3) is 4.22. The van der Waals surface area contributed by atoms with E-state index in [1.54, 1.807) is 24.1 Å². The van der Waals surface area contributed by atoms with Crippen LogP contribution in [0, 0.1) is 5.82 Å². The number of nitrogens with one attached hydrogen (secondary N) is 1. The van der Waals surface area contributed by atoms with Crippen molar-refractivity contribution in [1.82, 2.24) is 14.7 Å². The molecule has 2 fully saturated rings. The Morgan fingerprint density at radius 1 is 1.38 bits per heavy atom. The summed E-state index contributed by atoms with van der Waals surface area (Å²) in [6.07, 6.45) is 2.00. The van der Waals surface area contributed by atoms with Gasteiger partial charge in [-0.15, -0.1) is 0 Å². The van der Waals surface area contributed by atoms with Crippen LogP contribution in [0.1, 0.15) is 30.9 Å². The maximum atomic E-state index is 13.5. The minimum Gasteiger partial charge on any atom is -0.343 e. The van der Waals surface area contributed by atoms with Crippen LogP contribution >= 0.6 is 0 Å². The highest BCUT2D eigenvalue weighted by Crippen LogP contribution is 2.33. The van der Waals surface area contributed by atoms with Crippen LogP contribution in [0.15, 0.2) is 24.3 Å². The van der Waals surface area contributed by atoms with Crippen LogP contribution in [0.4, 0.5) is 4.39 Å². The summed E-state index contributed by atoms with van der Waals surface area (Å²) in [6, 6.07) is 5.32. The fraction of sp³-hybridized carbons (Fsp3) is 0.588. The lowest BCUT2D eigenvalue weighted by Gasteiger charge is -2.23. The molecule has 1 amide bonds. The lowest BCUT2D eigenvalue weighted by atomic mass is 10.0. The Morgan fingerprint density at radius 3 is 2.88 bits per heavy atom. The van der Waals surface area contributed by atoms with Crippen molar-refractivity contribution in [3.63, 3.8) is 0 Å². The number of amides is 1. The average molecular weight is 385 g/mol. The number of nitrogens with zero attached hydrogens (tertiary/aromatic N) is 2. The molecular weight excluding hydrogens is 361 g/mol. The van der Waals surface area contributed by atoms with Crippen LogP contribution in [-0.4, -0.2) is 62.8 Å². The quantitative estimate of drug-likeness (QED) is 0.710. The van der Waals surface area contributed by atoms with Crippen molar-refractivity contribution < 1.29 is 22.4 Å².